The third-order valence-corrected chi connectivity index (χ3v) is 3.75. The van der Waals surface area contributed by atoms with Gasteiger partial charge in [0.25, 0.3) is 0 Å². The van der Waals surface area contributed by atoms with Crippen molar-refractivity contribution in [1.29, 1.82) is 0 Å². The summed E-state index contributed by atoms with van der Waals surface area (Å²) in [7, 11) is 2.07. The van der Waals surface area contributed by atoms with Crippen molar-refractivity contribution in [1.82, 2.24) is 14.3 Å². The van der Waals surface area contributed by atoms with Crippen molar-refractivity contribution in [2.75, 3.05) is 12.9 Å². The van der Waals surface area contributed by atoms with Gasteiger partial charge in [0, 0.05) is 36.2 Å². The normalized spacial score (nSPS) is 13.9. The lowest BCUT2D eigenvalue weighted by Gasteiger charge is -2.21. The van der Waals surface area contributed by atoms with Crippen LogP contribution in [-0.4, -0.2) is 33.3 Å². The highest BCUT2D eigenvalue weighted by molar-refractivity contribution is 7.15. The molecule has 1 atom stereocenters. The number of rotatable bonds is 4. The number of halogens is 1. The number of nitrogens with zero attached hydrogens (tertiary/aromatic N) is 3. The Balaban J connectivity index is 2.09. The van der Waals surface area contributed by atoms with E-state index in [1.54, 1.807) is 11.3 Å². The summed E-state index contributed by atoms with van der Waals surface area (Å²) in [6.07, 6.45) is 4.10. The van der Waals surface area contributed by atoms with E-state index < -0.39 is 0 Å². The average molecular weight is 244 g/mol. The van der Waals surface area contributed by atoms with Gasteiger partial charge in [0.1, 0.15) is 0 Å². The van der Waals surface area contributed by atoms with Crippen LogP contribution in [0.5, 0.6) is 0 Å². The fourth-order valence-electron chi connectivity index (χ4n) is 1.38. The molecule has 2 heterocycles. The lowest BCUT2D eigenvalue weighted by Crippen LogP contribution is -2.29. The summed E-state index contributed by atoms with van der Waals surface area (Å²) >= 11 is 7.46. The molecule has 0 saturated heterocycles. The molecule has 0 N–H and O–H groups in total. The zero-order valence-corrected chi connectivity index (χ0v) is 10.4. The van der Waals surface area contributed by atoms with Gasteiger partial charge in [-0.25, -0.2) is 4.98 Å². The van der Waals surface area contributed by atoms with E-state index >= 15 is 0 Å². The van der Waals surface area contributed by atoms with E-state index in [1.807, 2.05) is 11.6 Å². The first-order chi connectivity index (χ1) is 7.20. The second kappa shape index (κ2) is 4.51. The van der Waals surface area contributed by atoms with Gasteiger partial charge in [-0.3, -0.25) is 9.30 Å². The predicted molar refractivity (Wildman–Crippen MR) is 64.7 cm³/mol. The van der Waals surface area contributed by atoms with Crippen LogP contribution in [0.1, 0.15) is 12.6 Å². The predicted octanol–water partition coefficient (Wildman–Crippen LogP) is 2.45. The molecule has 2 aromatic heterocycles. The van der Waals surface area contributed by atoms with Gasteiger partial charge in [-0.2, -0.15) is 0 Å². The first kappa shape index (κ1) is 10.9. The summed E-state index contributed by atoms with van der Waals surface area (Å²) in [5, 5.41) is 2.04. The van der Waals surface area contributed by atoms with Crippen LogP contribution in [0, 0.1) is 0 Å². The molecule has 2 rings (SSSR count). The van der Waals surface area contributed by atoms with Crippen molar-refractivity contribution >= 4 is 27.9 Å². The Morgan fingerprint density at radius 2 is 2.47 bits per heavy atom. The Hall–Kier alpha value is -0.580. The number of hydrogen-bond acceptors (Lipinski definition) is 3. The Morgan fingerprint density at radius 1 is 1.67 bits per heavy atom. The van der Waals surface area contributed by atoms with Crippen LogP contribution >= 0.6 is 22.9 Å². The Kier molecular flexibility index (Phi) is 3.29. The second-order valence-electron chi connectivity index (χ2n) is 3.74. The van der Waals surface area contributed by atoms with Crippen LogP contribution in [0.4, 0.5) is 0 Å². The molecule has 5 heteroatoms. The van der Waals surface area contributed by atoms with E-state index in [2.05, 4.69) is 34.5 Å². The second-order valence-corrected chi connectivity index (χ2v) is 4.93. The van der Waals surface area contributed by atoms with E-state index in [1.165, 1.54) is 0 Å². The van der Waals surface area contributed by atoms with Crippen LogP contribution in [0.15, 0.2) is 17.8 Å². The molecular weight excluding hydrogens is 230 g/mol. The smallest absolute Gasteiger partial charge is 0.193 e. The van der Waals surface area contributed by atoms with Crippen LogP contribution in [0.3, 0.4) is 0 Å². The van der Waals surface area contributed by atoms with Gasteiger partial charge >= 0.3 is 0 Å². The van der Waals surface area contributed by atoms with Gasteiger partial charge in [-0.15, -0.1) is 22.9 Å². The van der Waals surface area contributed by atoms with Gasteiger partial charge in [0.05, 0.1) is 5.69 Å². The van der Waals surface area contributed by atoms with E-state index in [0.717, 1.165) is 17.2 Å². The van der Waals surface area contributed by atoms with Gasteiger partial charge in [-0.1, -0.05) is 0 Å². The molecule has 3 nitrogen and oxygen atoms in total. The number of hydrogen-bond donors (Lipinski definition) is 0. The fraction of sp³-hybridized carbons (Fsp3) is 0.500. The summed E-state index contributed by atoms with van der Waals surface area (Å²) in [6, 6.07) is 0.381. The average Bonchev–Trinajstić information content (AvgIpc) is 2.76. The summed E-state index contributed by atoms with van der Waals surface area (Å²) in [4.78, 5) is 7.79. The minimum atomic E-state index is 0.381. The van der Waals surface area contributed by atoms with Gasteiger partial charge in [0.15, 0.2) is 4.96 Å². The highest BCUT2D eigenvalue weighted by Gasteiger charge is 2.10. The number of alkyl halides is 1. The van der Waals surface area contributed by atoms with E-state index in [-0.39, 0.29) is 0 Å². The van der Waals surface area contributed by atoms with Crippen LogP contribution in [0.2, 0.25) is 0 Å². The minimum absolute atomic E-state index is 0.381. The molecule has 0 bridgehead atoms. The standard InChI is InChI=1S/C10H14ClN3S/c1-8(5-11)13(2)6-9-7-14-3-4-15-10(14)12-9/h3-4,7-8H,5-6H2,1-2H3. The molecule has 0 amide bonds. The number of aromatic nitrogens is 2. The van der Waals surface area contributed by atoms with Gasteiger partial charge < -0.3 is 0 Å². The maximum absolute atomic E-state index is 5.81. The highest BCUT2D eigenvalue weighted by Crippen LogP contribution is 2.13. The molecular formula is C10H14ClN3S. The van der Waals surface area contributed by atoms with Crippen LogP contribution in [0.25, 0.3) is 4.96 Å². The fourth-order valence-corrected chi connectivity index (χ4v) is 2.34. The molecule has 1 unspecified atom stereocenters. The minimum Gasteiger partial charge on any atom is -0.297 e. The van der Waals surface area contributed by atoms with Crippen LogP contribution in [-0.2, 0) is 6.54 Å². The third kappa shape index (κ3) is 2.33. The third-order valence-electron chi connectivity index (χ3n) is 2.53. The van der Waals surface area contributed by atoms with Crippen molar-refractivity contribution in [2.24, 2.45) is 0 Å². The molecule has 0 aliphatic rings. The maximum atomic E-state index is 5.81. The molecule has 0 aliphatic heterocycles. The number of imidazole rings is 1. The SMILES string of the molecule is CC(CCl)N(C)Cc1cn2ccsc2n1. The lowest BCUT2D eigenvalue weighted by molar-refractivity contribution is 0.266. The van der Waals surface area contributed by atoms with E-state index in [0.29, 0.717) is 11.9 Å². The molecule has 0 radical (unpaired) electrons. The van der Waals surface area contributed by atoms with Gasteiger partial charge in [-0.05, 0) is 14.0 Å². The topological polar surface area (TPSA) is 20.5 Å². The maximum Gasteiger partial charge on any atom is 0.193 e. The van der Waals surface area contributed by atoms with Crippen molar-refractivity contribution in [3.05, 3.63) is 23.5 Å². The zero-order chi connectivity index (χ0) is 10.8. The summed E-state index contributed by atoms with van der Waals surface area (Å²) in [5.74, 6) is 0.652. The van der Waals surface area contributed by atoms with Gasteiger partial charge in [0.2, 0.25) is 0 Å². The van der Waals surface area contributed by atoms with E-state index in [9.17, 15) is 0 Å². The first-order valence-electron chi connectivity index (χ1n) is 4.88. The van der Waals surface area contributed by atoms with Crippen molar-refractivity contribution in [2.45, 2.75) is 19.5 Å². The Bertz CT molecular complexity index is 408. The molecule has 0 spiro atoms. The lowest BCUT2D eigenvalue weighted by atomic mass is 10.3. The molecule has 0 aliphatic carbocycles. The van der Waals surface area contributed by atoms with E-state index in [4.69, 9.17) is 11.6 Å². The van der Waals surface area contributed by atoms with Crippen molar-refractivity contribution < 1.29 is 0 Å². The summed E-state index contributed by atoms with van der Waals surface area (Å²) < 4.78 is 2.05. The molecule has 15 heavy (non-hydrogen) atoms. The highest BCUT2D eigenvalue weighted by atomic mass is 35.5. The molecule has 0 saturated carbocycles. The Labute approximate surface area is 98.3 Å². The number of fused-ring (bicyclic) bond motifs is 1. The van der Waals surface area contributed by atoms with Crippen LogP contribution < -0.4 is 0 Å². The molecule has 82 valence electrons. The molecule has 2 aromatic rings. The monoisotopic (exact) mass is 243 g/mol. The number of thiazole rings is 1. The largest absolute Gasteiger partial charge is 0.297 e. The quantitative estimate of drug-likeness (QED) is 0.769. The summed E-state index contributed by atoms with van der Waals surface area (Å²) in [5.41, 5.74) is 1.10. The molecule has 0 fully saturated rings. The molecule has 0 aromatic carbocycles. The summed E-state index contributed by atoms with van der Waals surface area (Å²) in [6.45, 7) is 2.97. The Morgan fingerprint density at radius 3 is 3.13 bits per heavy atom. The van der Waals surface area contributed by atoms with Crippen molar-refractivity contribution in [3.8, 4) is 0 Å². The zero-order valence-electron chi connectivity index (χ0n) is 8.85. The first-order valence-corrected chi connectivity index (χ1v) is 6.29. The van der Waals surface area contributed by atoms with Crippen molar-refractivity contribution in [3.63, 3.8) is 0 Å².